The first kappa shape index (κ1) is 15.8. The molecule has 6 nitrogen and oxygen atoms in total. The maximum Gasteiger partial charge on any atom is 0.325 e. The molecule has 1 spiro atoms. The molecule has 2 fully saturated rings. The highest BCUT2D eigenvalue weighted by atomic mass is 16.2. The summed E-state index contributed by atoms with van der Waals surface area (Å²) in [5.41, 5.74) is -1.06. The van der Waals surface area contributed by atoms with Crippen LogP contribution in [0.15, 0.2) is 0 Å². The van der Waals surface area contributed by atoms with Crippen LogP contribution in [0.25, 0.3) is 0 Å². The van der Waals surface area contributed by atoms with E-state index >= 15 is 0 Å². The van der Waals surface area contributed by atoms with E-state index < -0.39 is 5.54 Å². The zero-order valence-electron chi connectivity index (χ0n) is 12.9. The van der Waals surface area contributed by atoms with Gasteiger partial charge in [0, 0.05) is 13.1 Å². The van der Waals surface area contributed by atoms with Gasteiger partial charge < -0.3 is 10.6 Å². The van der Waals surface area contributed by atoms with Crippen molar-refractivity contribution >= 4 is 11.9 Å². The minimum atomic E-state index is -0.721. The zero-order valence-corrected chi connectivity index (χ0v) is 12.9. The van der Waals surface area contributed by atoms with E-state index in [4.69, 9.17) is 5.26 Å². The van der Waals surface area contributed by atoms with Crippen LogP contribution in [-0.2, 0) is 4.79 Å². The second-order valence-corrected chi connectivity index (χ2v) is 6.70. The fourth-order valence-corrected chi connectivity index (χ4v) is 2.97. The highest BCUT2D eigenvalue weighted by Gasteiger charge is 2.51. The number of carbonyl (C=O) groups excluding carboxylic acids is 2. The van der Waals surface area contributed by atoms with E-state index in [2.05, 4.69) is 16.7 Å². The highest BCUT2D eigenvalue weighted by molar-refractivity contribution is 6.07. The lowest BCUT2D eigenvalue weighted by atomic mass is 9.89. The van der Waals surface area contributed by atoms with Crippen molar-refractivity contribution < 1.29 is 9.59 Å². The van der Waals surface area contributed by atoms with Crippen LogP contribution in [0.2, 0.25) is 0 Å². The van der Waals surface area contributed by atoms with Crippen LogP contribution in [-0.4, -0.2) is 42.0 Å². The van der Waals surface area contributed by atoms with Gasteiger partial charge in [-0.3, -0.25) is 9.69 Å². The summed E-state index contributed by atoms with van der Waals surface area (Å²) in [6.07, 6.45) is 3.97. The van der Waals surface area contributed by atoms with Crippen LogP contribution < -0.4 is 10.6 Å². The van der Waals surface area contributed by atoms with Crippen molar-refractivity contribution in [1.29, 1.82) is 5.26 Å². The van der Waals surface area contributed by atoms with Gasteiger partial charge in [0.2, 0.25) is 0 Å². The Morgan fingerprint density at radius 2 is 2.14 bits per heavy atom. The molecule has 0 bridgehead atoms. The largest absolute Gasteiger partial charge is 0.325 e. The smallest absolute Gasteiger partial charge is 0.322 e. The number of nitrogens with one attached hydrogen (secondary N) is 2. The first-order chi connectivity index (χ1) is 9.90. The minimum absolute atomic E-state index is 0.0979. The molecule has 0 aromatic rings. The minimum Gasteiger partial charge on any atom is -0.322 e. The Balaban J connectivity index is 1.85. The average Bonchev–Trinajstić information content (AvgIpc) is 2.68. The number of imide groups is 1. The number of hydrogen-bond acceptors (Lipinski definition) is 4. The summed E-state index contributed by atoms with van der Waals surface area (Å²) in [4.78, 5) is 25.8. The third-order valence-corrected chi connectivity index (χ3v) is 4.37. The number of unbranched alkanes of at least 4 members (excludes halogenated alkanes) is 1. The number of amides is 3. The Morgan fingerprint density at radius 3 is 2.76 bits per heavy atom. The molecule has 1 unspecified atom stereocenters. The molecule has 2 rings (SSSR count). The standard InChI is InChI=1S/C15H24N4O2/c1-14(2,10-16)6-3-4-9-19-12(20)15(18-13(19)21)7-5-8-17-11-15/h17H,3-9,11H2,1-2H3,(H,18,21). The third-order valence-electron chi connectivity index (χ3n) is 4.37. The normalized spacial score (nSPS) is 26.0. The lowest BCUT2D eigenvalue weighted by molar-refractivity contribution is -0.131. The highest BCUT2D eigenvalue weighted by Crippen LogP contribution is 2.26. The Hall–Kier alpha value is -1.61. The van der Waals surface area contributed by atoms with Crippen LogP contribution in [0.3, 0.4) is 0 Å². The fraction of sp³-hybridized carbons (Fsp3) is 0.800. The summed E-state index contributed by atoms with van der Waals surface area (Å²) in [6, 6.07) is 1.99. The number of nitriles is 1. The molecule has 1 atom stereocenters. The van der Waals surface area contributed by atoms with Gasteiger partial charge in [0.1, 0.15) is 5.54 Å². The molecule has 0 aromatic carbocycles. The number of hydrogen-bond donors (Lipinski definition) is 2. The van der Waals surface area contributed by atoms with E-state index in [0.29, 0.717) is 19.5 Å². The van der Waals surface area contributed by atoms with Crippen LogP contribution in [0.5, 0.6) is 0 Å². The molecule has 6 heteroatoms. The molecule has 2 aliphatic heterocycles. The van der Waals surface area contributed by atoms with E-state index in [0.717, 1.165) is 32.2 Å². The first-order valence-corrected chi connectivity index (χ1v) is 7.66. The summed E-state index contributed by atoms with van der Waals surface area (Å²) in [7, 11) is 0. The summed E-state index contributed by atoms with van der Waals surface area (Å²) >= 11 is 0. The summed E-state index contributed by atoms with van der Waals surface area (Å²) in [6.45, 7) is 5.67. The van der Waals surface area contributed by atoms with Gasteiger partial charge in [0.05, 0.1) is 11.5 Å². The molecule has 2 N–H and O–H groups in total. The monoisotopic (exact) mass is 292 g/mol. The van der Waals surface area contributed by atoms with Crippen LogP contribution >= 0.6 is 0 Å². The second-order valence-electron chi connectivity index (χ2n) is 6.70. The predicted octanol–water partition coefficient (Wildman–Crippen LogP) is 1.38. The van der Waals surface area contributed by atoms with Gasteiger partial charge in [0.15, 0.2) is 0 Å². The van der Waals surface area contributed by atoms with Crippen LogP contribution in [0.1, 0.15) is 46.0 Å². The number of piperidine rings is 1. The lowest BCUT2D eigenvalue weighted by Crippen LogP contribution is -2.57. The molecule has 3 amide bonds. The molecule has 0 radical (unpaired) electrons. The van der Waals surface area contributed by atoms with Crippen molar-refractivity contribution in [2.75, 3.05) is 19.6 Å². The van der Waals surface area contributed by atoms with E-state index in [1.54, 1.807) is 0 Å². The molecular weight excluding hydrogens is 268 g/mol. The zero-order chi connectivity index (χ0) is 15.5. The van der Waals surface area contributed by atoms with Crippen molar-refractivity contribution in [3.05, 3.63) is 0 Å². The maximum absolute atomic E-state index is 12.5. The number of nitrogens with zero attached hydrogens (tertiary/aromatic N) is 2. The Kier molecular flexibility index (Phi) is 4.52. The predicted molar refractivity (Wildman–Crippen MR) is 78.3 cm³/mol. The van der Waals surface area contributed by atoms with Gasteiger partial charge in [-0.15, -0.1) is 0 Å². The van der Waals surface area contributed by atoms with Gasteiger partial charge in [-0.05, 0) is 46.1 Å². The van der Waals surface area contributed by atoms with E-state index in [9.17, 15) is 9.59 Å². The van der Waals surface area contributed by atoms with E-state index in [1.807, 2.05) is 13.8 Å². The van der Waals surface area contributed by atoms with Gasteiger partial charge >= 0.3 is 6.03 Å². The Labute approximate surface area is 125 Å². The first-order valence-electron chi connectivity index (χ1n) is 7.66. The summed E-state index contributed by atoms with van der Waals surface area (Å²) in [5.74, 6) is -0.0979. The fourth-order valence-electron chi connectivity index (χ4n) is 2.97. The van der Waals surface area contributed by atoms with Crippen LogP contribution in [0.4, 0.5) is 4.79 Å². The van der Waals surface area contributed by atoms with Gasteiger partial charge in [-0.2, -0.15) is 5.26 Å². The molecule has 0 saturated carbocycles. The van der Waals surface area contributed by atoms with Gasteiger partial charge in [-0.1, -0.05) is 6.42 Å². The molecule has 0 aromatic heterocycles. The quantitative estimate of drug-likeness (QED) is 0.592. The molecule has 2 saturated heterocycles. The number of urea groups is 1. The molecule has 2 heterocycles. The molecule has 2 aliphatic rings. The summed E-state index contributed by atoms with van der Waals surface area (Å²) in [5, 5.41) is 15.0. The Bertz CT molecular complexity index is 461. The van der Waals surface area contributed by atoms with Gasteiger partial charge in [-0.25, -0.2) is 4.79 Å². The second kappa shape index (κ2) is 6.02. The number of rotatable bonds is 5. The lowest BCUT2D eigenvalue weighted by Gasteiger charge is -2.31. The van der Waals surface area contributed by atoms with E-state index in [1.165, 1.54) is 4.90 Å². The van der Waals surface area contributed by atoms with Crippen molar-refractivity contribution in [2.45, 2.75) is 51.5 Å². The SMILES string of the molecule is CC(C)(C#N)CCCCN1C(=O)NC2(CCCNC2)C1=O. The van der Waals surface area contributed by atoms with Crippen molar-refractivity contribution in [1.82, 2.24) is 15.5 Å². The average molecular weight is 292 g/mol. The Morgan fingerprint density at radius 1 is 1.38 bits per heavy atom. The van der Waals surface area contributed by atoms with Crippen LogP contribution in [0, 0.1) is 16.7 Å². The van der Waals surface area contributed by atoms with Crippen molar-refractivity contribution in [3.8, 4) is 6.07 Å². The molecule has 0 aliphatic carbocycles. The third kappa shape index (κ3) is 3.35. The topological polar surface area (TPSA) is 85.2 Å². The molecule has 21 heavy (non-hydrogen) atoms. The maximum atomic E-state index is 12.5. The van der Waals surface area contributed by atoms with Crippen molar-refractivity contribution in [2.24, 2.45) is 5.41 Å². The van der Waals surface area contributed by atoms with Gasteiger partial charge in [0.25, 0.3) is 5.91 Å². The molecule has 116 valence electrons. The van der Waals surface area contributed by atoms with E-state index in [-0.39, 0.29) is 17.4 Å². The summed E-state index contributed by atoms with van der Waals surface area (Å²) < 4.78 is 0. The number of carbonyl (C=O) groups is 2. The van der Waals surface area contributed by atoms with Crippen molar-refractivity contribution in [3.63, 3.8) is 0 Å². The molecular formula is C15H24N4O2.